The lowest BCUT2D eigenvalue weighted by atomic mass is 10.1. The van der Waals surface area contributed by atoms with E-state index in [-0.39, 0.29) is 42.2 Å². The molecule has 52 valence electrons. The highest BCUT2D eigenvalue weighted by molar-refractivity contribution is 5.26. The van der Waals surface area contributed by atoms with Gasteiger partial charge >= 0.3 is 0 Å². The lowest BCUT2D eigenvalue weighted by Gasteiger charge is -1.94. The Kier molecular flexibility index (Phi) is 0.559. The lowest BCUT2D eigenvalue weighted by Crippen LogP contribution is -2.00. The fourth-order valence-corrected chi connectivity index (χ4v) is 0.992. The normalized spacial score (nSPS) is 37.1. The molecule has 1 saturated carbocycles. The van der Waals surface area contributed by atoms with Gasteiger partial charge in [-0.1, -0.05) is 30.2 Å². The Morgan fingerprint density at radius 1 is 1.40 bits per heavy atom. The summed E-state index contributed by atoms with van der Waals surface area (Å²) < 4.78 is 37.7. The van der Waals surface area contributed by atoms with Crippen LogP contribution in [0.1, 0.15) is 24.8 Å². The second-order valence-electron chi connectivity index (χ2n) is 2.54. The van der Waals surface area contributed by atoms with Crippen LogP contribution in [0, 0.1) is 0 Å². The van der Waals surface area contributed by atoms with E-state index in [1.807, 2.05) is 0 Å². The summed E-state index contributed by atoms with van der Waals surface area (Å²) in [5.41, 5.74) is 6.01. The van der Waals surface area contributed by atoms with Crippen molar-refractivity contribution in [2.24, 2.45) is 5.73 Å². The van der Waals surface area contributed by atoms with Crippen LogP contribution < -0.4 is 5.73 Å². The van der Waals surface area contributed by atoms with Crippen LogP contribution in [0.3, 0.4) is 0 Å². The van der Waals surface area contributed by atoms with Gasteiger partial charge in [-0.15, -0.1) is 0 Å². The van der Waals surface area contributed by atoms with E-state index in [9.17, 15) is 0 Å². The summed E-state index contributed by atoms with van der Waals surface area (Å²) in [4.78, 5) is 0. The van der Waals surface area contributed by atoms with Crippen LogP contribution in [-0.2, 0) is 0 Å². The molecule has 0 bridgehead atoms. The number of nitrogens with two attached hydrogens (primary N) is 1. The van der Waals surface area contributed by atoms with Crippen LogP contribution in [0.5, 0.6) is 0 Å². The Morgan fingerprint density at radius 2 is 2.00 bits per heavy atom. The van der Waals surface area contributed by atoms with Crippen molar-refractivity contribution in [3.8, 4) is 0 Å². The van der Waals surface area contributed by atoms with Gasteiger partial charge in [-0.2, -0.15) is 0 Å². The summed E-state index contributed by atoms with van der Waals surface area (Å²) >= 11 is 0. The molecule has 0 heterocycles. The van der Waals surface area contributed by atoms with E-state index in [0.717, 1.165) is 0 Å². The number of benzene rings is 1. The molecule has 1 aliphatic carbocycles. The highest BCUT2D eigenvalue weighted by Crippen LogP contribution is 2.38. The van der Waals surface area contributed by atoms with Gasteiger partial charge in [-0.25, -0.2) is 0 Å². The molecule has 2 N–H and O–H groups in total. The van der Waals surface area contributed by atoms with Gasteiger partial charge in [0.1, 0.15) is 0 Å². The van der Waals surface area contributed by atoms with E-state index in [1.165, 1.54) is 0 Å². The zero-order chi connectivity index (χ0) is 11.3. The van der Waals surface area contributed by atoms with Gasteiger partial charge < -0.3 is 5.73 Å². The van der Waals surface area contributed by atoms with Gasteiger partial charge in [0.2, 0.25) is 0 Å². The molecule has 0 saturated heterocycles. The van der Waals surface area contributed by atoms with Crippen LogP contribution in [0.25, 0.3) is 0 Å². The Morgan fingerprint density at radius 3 is 2.50 bits per heavy atom. The maximum Gasteiger partial charge on any atom is 0.0626 e. The third kappa shape index (κ3) is 0.929. The molecular weight excluding hydrogens is 122 g/mol. The second kappa shape index (κ2) is 2.10. The molecule has 2 atom stereocenters. The Bertz CT molecular complexity index is 402. The average Bonchev–Trinajstić information content (AvgIpc) is 2.90. The first-order valence-electron chi connectivity index (χ1n) is 5.77. The first kappa shape index (κ1) is 2.67. The van der Waals surface area contributed by atoms with Crippen molar-refractivity contribution >= 4 is 0 Å². The van der Waals surface area contributed by atoms with Crippen molar-refractivity contribution in [3.05, 3.63) is 35.8 Å². The van der Waals surface area contributed by atoms with Crippen molar-refractivity contribution in [2.75, 3.05) is 0 Å². The fourth-order valence-electron chi connectivity index (χ4n) is 0.992. The summed E-state index contributed by atoms with van der Waals surface area (Å²) in [6, 6.07) is -1.18. The van der Waals surface area contributed by atoms with E-state index < -0.39 is 0 Å². The van der Waals surface area contributed by atoms with Gasteiger partial charge in [0.15, 0.2) is 0 Å². The summed E-state index contributed by atoms with van der Waals surface area (Å²) in [5, 5.41) is 0. The number of hydrogen-bond donors (Lipinski definition) is 1. The minimum Gasteiger partial charge on any atom is -0.327 e. The van der Waals surface area contributed by atoms with Crippen LogP contribution in [0.15, 0.2) is 30.2 Å². The molecule has 1 heteroatoms. The SMILES string of the molecule is [2H]c1c([2H])c([2H])c([C@H]2C[C@H]2N)c([2H])c1[2H]. The Hall–Kier alpha value is -0.820. The lowest BCUT2D eigenvalue weighted by molar-refractivity contribution is 0.991. The highest BCUT2D eigenvalue weighted by atomic mass is 14.7. The molecule has 0 aliphatic heterocycles. The monoisotopic (exact) mass is 138 g/mol. The van der Waals surface area contributed by atoms with Crippen molar-refractivity contribution in [2.45, 2.75) is 18.4 Å². The molecule has 0 aromatic heterocycles. The standard InChI is InChI=1S/C9H11N/c10-9-6-8(9)7-4-2-1-3-5-7/h1-5,8-9H,6,10H2/t8-,9-/m1/s1/i1D,2D,3D,4D,5D. The molecule has 1 fully saturated rings. The van der Waals surface area contributed by atoms with Gasteiger partial charge in [-0.3, -0.25) is 0 Å². The molecular formula is C9H11N. The summed E-state index contributed by atoms with van der Waals surface area (Å²) in [6.45, 7) is 0. The van der Waals surface area contributed by atoms with Gasteiger partial charge in [0.05, 0.1) is 6.85 Å². The molecule has 1 aliphatic rings. The topological polar surface area (TPSA) is 26.0 Å². The number of hydrogen-bond acceptors (Lipinski definition) is 1. The predicted octanol–water partition coefficient (Wildman–Crippen LogP) is 1.50. The molecule has 0 spiro atoms. The van der Waals surface area contributed by atoms with E-state index in [4.69, 9.17) is 12.6 Å². The van der Waals surface area contributed by atoms with E-state index >= 15 is 0 Å². The van der Waals surface area contributed by atoms with Crippen molar-refractivity contribution in [1.29, 1.82) is 0 Å². The third-order valence-corrected chi connectivity index (χ3v) is 1.73. The fraction of sp³-hybridized carbons (Fsp3) is 0.333. The second-order valence-corrected chi connectivity index (χ2v) is 2.54. The Labute approximate surface area is 67.9 Å². The quantitative estimate of drug-likeness (QED) is 0.625. The number of rotatable bonds is 1. The van der Waals surface area contributed by atoms with Gasteiger partial charge in [0, 0.05) is 12.0 Å². The summed E-state index contributed by atoms with van der Waals surface area (Å²) in [6.07, 6.45) is 0.702. The smallest absolute Gasteiger partial charge is 0.0626 e. The van der Waals surface area contributed by atoms with Crippen LogP contribution >= 0.6 is 0 Å². The van der Waals surface area contributed by atoms with E-state index in [0.29, 0.717) is 12.0 Å². The van der Waals surface area contributed by atoms with Crippen LogP contribution in [0.4, 0.5) is 0 Å². The predicted molar refractivity (Wildman–Crippen MR) is 41.8 cm³/mol. The van der Waals surface area contributed by atoms with Crippen molar-refractivity contribution in [3.63, 3.8) is 0 Å². The van der Waals surface area contributed by atoms with Gasteiger partial charge in [-0.05, 0) is 12.0 Å². The molecule has 0 unspecified atom stereocenters. The zero-order valence-corrected chi connectivity index (χ0v) is 5.44. The molecule has 10 heavy (non-hydrogen) atoms. The van der Waals surface area contributed by atoms with Crippen LogP contribution in [-0.4, -0.2) is 6.04 Å². The first-order chi connectivity index (χ1) is 6.95. The molecule has 2 rings (SSSR count). The zero-order valence-electron chi connectivity index (χ0n) is 10.4. The molecule has 1 aromatic carbocycles. The van der Waals surface area contributed by atoms with E-state index in [2.05, 4.69) is 0 Å². The minimum absolute atomic E-state index is 0.0615. The summed E-state index contributed by atoms with van der Waals surface area (Å²) in [5.74, 6) is -0.0706. The molecule has 1 aromatic rings. The van der Waals surface area contributed by atoms with E-state index in [1.54, 1.807) is 0 Å². The third-order valence-electron chi connectivity index (χ3n) is 1.73. The molecule has 1 nitrogen and oxygen atoms in total. The van der Waals surface area contributed by atoms with Crippen molar-refractivity contribution in [1.82, 2.24) is 0 Å². The maximum absolute atomic E-state index is 7.67. The van der Waals surface area contributed by atoms with Crippen LogP contribution in [0.2, 0.25) is 0 Å². The summed E-state index contributed by atoms with van der Waals surface area (Å²) in [7, 11) is 0. The first-order valence-corrected chi connectivity index (χ1v) is 3.27. The Balaban J connectivity index is 2.64. The molecule has 0 radical (unpaired) electrons. The largest absolute Gasteiger partial charge is 0.327 e. The maximum atomic E-state index is 7.67. The highest BCUT2D eigenvalue weighted by Gasteiger charge is 2.34. The van der Waals surface area contributed by atoms with Gasteiger partial charge in [0.25, 0.3) is 0 Å². The minimum atomic E-state index is -0.344. The average molecular weight is 138 g/mol. The molecule has 0 amide bonds. The van der Waals surface area contributed by atoms with Crippen molar-refractivity contribution < 1.29 is 6.85 Å².